The molecule has 2 heteroatoms. The van der Waals surface area contributed by atoms with Gasteiger partial charge in [-0.15, -0.1) is 0 Å². The zero-order valence-corrected chi connectivity index (χ0v) is 28.1. The second kappa shape index (κ2) is 11.3. The Labute approximate surface area is 299 Å². The van der Waals surface area contributed by atoms with Crippen LogP contribution in [-0.4, -0.2) is 0 Å². The number of furan rings is 2. The molecule has 0 amide bonds. The molecule has 0 spiro atoms. The first kappa shape index (κ1) is 28.9. The highest BCUT2D eigenvalue weighted by atomic mass is 16.3. The van der Waals surface area contributed by atoms with Crippen molar-refractivity contribution in [3.8, 4) is 44.5 Å². The topological polar surface area (TPSA) is 26.3 Å². The van der Waals surface area contributed by atoms with Crippen molar-refractivity contribution < 1.29 is 8.83 Å². The van der Waals surface area contributed by atoms with Crippen LogP contribution in [0.15, 0.2) is 191 Å². The summed E-state index contributed by atoms with van der Waals surface area (Å²) >= 11 is 0. The van der Waals surface area contributed by atoms with Crippen LogP contribution in [0.3, 0.4) is 0 Å². The van der Waals surface area contributed by atoms with E-state index in [0.717, 1.165) is 49.4 Å². The maximum absolute atomic E-state index is 6.85. The lowest BCUT2D eigenvalue weighted by atomic mass is 9.81. The second-order valence-corrected chi connectivity index (χ2v) is 13.5. The van der Waals surface area contributed by atoms with E-state index in [9.17, 15) is 0 Å². The number of para-hydroxylation sites is 2. The summed E-state index contributed by atoms with van der Waals surface area (Å²) in [5.41, 5.74) is 12.9. The number of benzene rings is 9. The van der Waals surface area contributed by atoms with Gasteiger partial charge in [-0.25, -0.2) is 0 Å². The molecule has 242 valence electrons. The van der Waals surface area contributed by atoms with E-state index in [4.69, 9.17) is 8.83 Å². The minimum absolute atomic E-state index is 0.823. The molecule has 0 saturated heterocycles. The normalized spacial score (nSPS) is 11.8. The highest BCUT2D eigenvalue weighted by molar-refractivity contribution is 6.28. The lowest BCUT2D eigenvalue weighted by molar-refractivity contribution is 0.663. The van der Waals surface area contributed by atoms with Crippen molar-refractivity contribution in [3.05, 3.63) is 182 Å². The molecule has 0 fully saturated rings. The summed E-state index contributed by atoms with van der Waals surface area (Å²) in [6, 6.07) is 65.0. The van der Waals surface area contributed by atoms with Crippen molar-refractivity contribution in [2.24, 2.45) is 0 Å². The van der Waals surface area contributed by atoms with Gasteiger partial charge in [-0.05, 0) is 73.1 Å². The molecule has 0 aliphatic heterocycles. The molecule has 9 aromatic carbocycles. The van der Waals surface area contributed by atoms with E-state index in [0.29, 0.717) is 0 Å². The monoisotopic (exact) mass is 662 g/mol. The first-order valence-corrected chi connectivity index (χ1v) is 17.8. The van der Waals surface area contributed by atoms with Gasteiger partial charge in [0.15, 0.2) is 0 Å². The Morgan fingerprint density at radius 3 is 1.37 bits per heavy atom. The number of hydrogen-bond donors (Lipinski definition) is 0. The summed E-state index contributed by atoms with van der Waals surface area (Å²) < 4.78 is 13.4. The smallest absolute Gasteiger partial charge is 0.147 e. The molecule has 2 heterocycles. The van der Waals surface area contributed by atoms with E-state index < -0.39 is 0 Å². The highest BCUT2D eigenvalue weighted by Crippen LogP contribution is 2.51. The van der Waals surface area contributed by atoms with Gasteiger partial charge in [0.05, 0.1) is 5.39 Å². The predicted octanol–water partition coefficient (Wildman–Crippen LogP) is 14.5. The third-order valence-corrected chi connectivity index (χ3v) is 10.7. The van der Waals surface area contributed by atoms with Crippen LogP contribution in [0.25, 0.3) is 110 Å². The number of fused-ring (bicyclic) bond motifs is 9. The van der Waals surface area contributed by atoms with Crippen LogP contribution in [-0.2, 0) is 0 Å². The summed E-state index contributed by atoms with van der Waals surface area (Å²) in [7, 11) is 0. The molecule has 52 heavy (non-hydrogen) atoms. The Bertz CT molecular complexity index is 3050. The van der Waals surface area contributed by atoms with Crippen LogP contribution in [0.5, 0.6) is 0 Å². The Kier molecular flexibility index (Phi) is 6.28. The summed E-state index contributed by atoms with van der Waals surface area (Å²) in [6.07, 6.45) is 0. The Morgan fingerprint density at radius 2 is 0.731 bits per heavy atom. The van der Waals surface area contributed by atoms with E-state index in [-0.39, 0.29) is 0 Å². The van der Waals surface area contributed by atoms with Gasteiger partial charge in [0.25, 0.3) is 0 Å². The van der Waals surface area contributed by atoms with Crippen molar-refractivity contribution in [1.82, 2.24) is 0 Å². The molecule has 2 aromatic heterocycles. The molecule has 0 N–H and O–H groups in total. The molecule has 0 unspecified atom stereocenters. The Morgan fingerprint density at radius 1 is 0.250 bits per heavy atom. The van der Waals surface area contributed by atoms with Crippen LogP contribution in [0.4, 0.5) is 0 Å². The molecule has 0 atom stereocenters. The molecule has 11 rings (SSSR count). The van der Waals surface area contributed by atoms with Crippen LogP contribution in [0.2, 0.25) is 0 Å². The first-order valence-electron chi connectivity index (χ1n) is 17.8. The highest BCUT2D eigenvalue weighted by Gasteiger charge is 2.24. The lowest BCUT2D eigenvalue weighted by Crippen LogP contribution is -1.95. The molecule has 0 aliphatic rings. The molecular weight excluding hydrogens is 633 g/mol. The number of hydrogen-bond acceptors (Lipinski definition) is 2. The predicted molar refractivity (Wildman–Crippen MR) is 218 cm³/mol. The zero-order valence-electron chi connectivity index (χ0n) is 28.1. The van der Waals surface area contributed by atoms with Crippen molar-refractivity contribution in [2.75, 3.05) is 0 Å². The first-order chi connectivity index (χ1) is 25.8. The van der Waals surface area contributed by atoms with Gasteiger partial charge < -0.3 is 8.83 Å². The van der Waals surface area contributed by atoms with Gasteiger partial charge in [0.2, 0.25) is 0 Å². The molecule has 11 aromatic rings. The molecule has 0 aliphatic carbocycles. The SMILES string of the molecule is c1ccc(-c2cccc(-c3ccccc3)c2-c2c3ccccc3c(-c3cccc4c3oc3ccc5c6ccccc6oc5c34)c3ccccc23)cc1. The standard InChI is InChI=1S/C50H30O2/c1-3-15-31(16-4-1)33-24-13-25-34(32-17-5-2-6-18-32)46(33)47-38-22-9-7-20-36(38)45(37-21-8-10-23-39(37)47)41-26-14-27-42-48-44(52-49(41)42)30-29-40-35-19-11-12-28-43(35)51-50(40)48/h1-30H. The average molecular weight is 663 g/mol. The van der Waals surface area contributed by atoms with Gasteiger partial charge in [0, 0.05) is 27.3 Å². The van der Waals surface area contributed by atoms with E-state index >= 15 is 0 Å². The van der Waals surface area contributed by atoms with E-state index in [1.54, 1.807) is 0 Å². The molecule has 0 bridgehead atoms. The summed E-state index contributed by atoms with van der Waals surface area (Å²) in [4.78, 5) is 0. The molecule has 0 radical (unpaired) electrons. The van der Waals surface area contributed by atoms with Crippen LogP contribution in [0.1, 0.15) is 0 Å². The van der Waals surface area contributed by atoms with Crippen molar-refractivity contribution in [3.63, 3.8) is 0 Å². The minimum Gasteiger partial charge on any atom is -0.455 e. The maximum atomic E-state index is 6.85. The van der Waals surface area contributed by atoms with Gasteiger partial charge in [0.1, 0.15) is 22.3 Å². The third-order valence-electron chi connectivity index (χ3n) is 10.7. The quantitative estimate of drug-likeness (QED) is 0.175. The lowest BCUT2D eigenvalue weighted by Gasteiger charge is -2.22. The maximum Gasteiger partial charge on any atom is 0.147 e. The summed E-state index contributed by atoms with van der Waals surface area (Å²) in [5.74, 6) is 0. The summed E-state index contributed by atoms with van der Waals surface area (Å²) in [5, 5.41) is 9.04. The minimum atomic E-state index is 0.823. The molecular formula is C50H30O2. The van der Waals surface area contributed by atoms with Crippen LogP contribution < -0.4 is 0 Å². The fourth-order valence-corrected chi connectivity index (χ4v) is 8.49. The molecule has 2 nitrogen and oxygen atoms in total. The van der Waals surface area contributed by atoms with Crippen LogP contribution >= 0.6 is 0 Å². The van der Waals surface area contributed by atoms with E-state index in [1.165, 1.54) is 60.5 Å². The molecule has 0 saturated carbocycles. The Balaban J connectivity index is 1.27. The Hall–Kier alpha value is -6.90. The van der Waals surface area contributed by atoms with Gasteiger partial charge in [-0.2, -0.15) is 0 Å². The number of rotatable bonds is 4. The fraction of sp³-hybridized carbons (Fsp3) is 0. The van der Waals surface area contributed by atoms with Gasteiger partial charge >= 0.3 is 0 Å². The van der Waals surface area contributed by atoms with E-state index in [1.807, 2.05) is 12.1 Å². The second-order valence-electron chi connectivity index (χ2n) is 13.5. The van der Waals surface area contributed by atoms with Gasteiger partial charge in [-0.3, -0.25) is 0 Å². The summed E-state index contributed by atoms with van der Waals surface area (Å²) in [6.45, 7) is 0. The van der Waals surface area contributed by atoms with Gasteiger partial charge in [-0.1, -0.05) is 164 Å². The average Bonchev–Trinajstić information content (AvgIpc) is 3.79. The third kappa shape index (κ3) is 4.19. The van der Waals surface area contributed by atoms with E-state index in [2.05, 4.69) is 170 Å². The van der Waals surface area contributed by atoms with Crippen molar-refractivity contribution >= 4 is 65.4 Å². The largest absolute Gasteiger partial charge is 0.455 e. The van der Waals surface area contributed by atoms with Crippen molar-refractivity contribution in [2.45, 2.75) is 0 Å². The fourth-order valence-electron chi connectivity index (χ4n) is 8.49. The zero-order chi connectivity index (χ0) is 34.2. The van der Waals surface area contributed by atoms with Crippen LogP contribution in [0, 0.1) is 0 Å². The van der Waals surface area contributed by atoms with Crippen molar-refractivity contribution in [1.29, 1.82) is 0 Å².